The molecule has 0 spiro atoms. The van der Waals surface area contributed by atoms with Crippen molar-refractivity contribution in [3.63, 3.8) is 0 Å². The molecule has 1 saturated heterocycles. The molecule has 0 unspecified atom stereocenters. The highest BCUT2D eigenvalue weighted by molar-refractivity contribution is 6.28. The number of hydrogen-bond donors (Lipinski definition) is 4. The van der Waals surface area contributed by atoms with Crippen molar-refractivity contribution >= 4 is 41.0 Å². The van der Waals surface area contributed by atoms with Gasteiger partial charge in [0, 0.05) is 0 Å². The second-order valence-corrected chi connectivity index (χ2v) is 4.77. The minimum absolute atomic E-state index is 0. The van der Waals surface area contributed by atoms with E-state index in [4.69, 9.17) is 27.2 Å². The van der Waals surface area contributed by atoms with Gasteiger partial charge in [0.25, 0.3) is 0 Å². The lowest BCUT2D eigenvalue weighted by atomic mass is 10.1. The molecule has 0 bridgehead atoms. The van der Waals surface area contributed by atoms with Crippen LogP contribution in [0.15, 0.2) is 6.33 Å². The lowest BCUT2D eigenvalue weighted by Crippen LogP contribution is -2.33. The van der Waals surface area contributed by atoms with E-state index in [0.717, 1.165) is 0 Å². The summed E-state index contributed by atoms with van der Waals surface area (Å²) in [7, 11) is 0. The second-order valence-electron chi connectivity index (χ2n) is 4.43. The minimum atomic E-state index is -1.24. The van der Waals surface area contributed by atoms with Crippen LogP contribution in [0.1, 0.15) is 6.23 Å². The molecule has 0 amide bonds. The quantitative estimate of drug-likeness (QED) is 0.516. The summed E-state index contributed by atoms with van der Waals surface area (Å²) in [5.41, 5.74) is 6.27. The summed E-state index contributed by atoms with van der Waals surface area (Å²) >= 11 is 5.74. The van der Waals surface area contributed by atoms with Crippen LogP contribution in [0.3, 0.4) is 0 Å². The van der Waals surface area contributed by atoms with Crippen molar-refractivity contribution in [2.75, 3.05) is 12.3 Å². The summed E-state index contributed by atoms with van der Waals surface area (Å²) in [6.07, 6.45) is -2.93. The molecule has 1 fully saturated rings. The zero-order chi connectivity index (χ0) is 14.4. The van der Waals surface area contributed by atoms with Gasteiger partial charge in [-0.3, -0.25) is 4.57 Å². The molecule has 4 atom stereocenters. The molecule has 0 saturated carbocycles. The first-order chi connectivity index (χ1) is 9.52. The molecular weight excluding hydrogens is 325 g/mol. The van der Waals surface area contributed by atoms with Gasteiger partial charge in [-0.15, -0.1) is 12.4 Å². The lowest BCUT2D eigenvalue weighted by Gasteiger charge is -2.16. The Hall–Kier alpha value is -1.23. The van der Waals surface area contributed by atoms with Gasteiger partial charge in [-0.05, 0) is 11.6 Å². The number of anilines is 1. The van der Waals surface area contributed by atoms with E-state index in [-0.39, 0.29) is 29.2 Å². The largest absolute Gasteiger partial charge is 0.394 e. The number of hydrogen-bond acceptors (Lipinski definition) is 8. The highest BCUT2D eigenvalue weighted by Gasteiger charge is 2.44. The Morgan fingerprint density at radius 3 is 2.67 bits per heavy atom. The molecular formula is C10H13Cl2N5O4. The van der Waals surface area contributed by atoms with Gasteiger partial charge in [-0.25, -0.2) is 4.98 Å². The number of ether oxygens (including phenoxy) is 1. The molecule has 9 nitrogen and oxygen atoms in total. The van der Waals surface area contributed by atoms with Gasteiger partial charge in [-0.2, -0.15) is 9.97 Å². The van der Waals surface area contributed by atoms with Gasteiger partial charge in [0.2, 0.25) is 5.28 Å². The molecule has 1 aliphatic heterocycles. The normalized spacial score (nSPS) is 28.8. The number of rotatable bonds is 2. The molecule has 21 heavy (non-hydrogen) atoms. The predicted octanol–water partition coefficient (Wildman–Crippen LogP) is -0.905. The first-order valence-electron chi connectivity index (χ1n) is 5.81. The van der Waals surface area contributed by atoms with Crippen LogP contribution in [-0.2, 0) is 4.74 Å². The van der Waals surface area contributed by atoms with Gasteiger partial charge in [0.1, 0.15) is 23.8 Å². The van der Waals surface area contributed by atoms with Crippen molar-refractivity contribution in [1.82, 2.24) is 19.5 Å². The van der Waals surface area contributed by atoms with E-state index in [1.165, 1.54) is 10.9 Å². The van der Waals surface area contributed by atoms with E-state index in [9.17, 15) is 10.2 Å². The van der Waals surface area contributed by atoms with Crippen LogP contribution in [0.5, 0.6) is 0 Å². The zero-order valence-electron chi connectivity index (χ0n) is 10.5. The molecule has 3 rings (SSSR count). The lowest BCUT2D eigenvalue weighted by molar-refractivity contribution is -0.0511. The maximum Gasteiger partial charge on any atom is 0.226 e. The minimum Gasteiger partial charge on any atom is -0.394 e. The van der Waals surface area contributed by atoms with E-state index >= 15 is 0 Å². The number of nitrogen functional groups attached to an aromatic ring is 1. The fourth-order valence-corrected chi connectivity index (χ4v) is 2.38. The van der Waals surface area contributed by atoms with Crippen LogP contribution in [0.2, 0.25) is 5.28 Å². The topological polar surface area (TPSA) is 140 Å². The Labute approximate surface area is 129 Å². The molecule has 0 radical (unpaired) electrons. The van der Waals surface area contributed by atoms with Gasteiger partial charge in [0.05, 0.1) is 12.9 Å². The summed E-state index contributed by atoms with van der Waals surface area (Å²) in [4.78, 5) is 11.8. The van der Waals surface area contributed by atoms with Crippen LogP contribution >= 0.6 is 24.0 Å². The van der Waals surface area contributed by atoms with Crippen molar-refractivity contribution in [3.05, 3.63) is 11.6 Å². The van der Waals surface area contributed by atoms with Crippen LogP contribution in [0, 0.1) is 0 Å². The highest BCUT2D eigenvalue weighted by atomic mass is 35.5. The zero-order valence-corrected chi connectivity index (χ0v) is 12.1. The SMILES string of the molecule is Cl.Nc1nc(Cl)nc2c1ncn2[C@H]1O[C@H](CO)[C@@H](O)[C@H]1O. The maximum atomic E-state index is 9.99. The number of aromatic nitrogens is 4. The first kappa shape index (κ1) is 16.1. The average Bonchev–Trinajstić information content (AvgIpc) is 2.93. The Morgan fingerprint density at radius 1 is 1.33 bits per heavy atom. The van der Waals surface area contributed by atoms with E-state index in [2.05, 4.69) is 15.0 Å². The Morgan fingerprint density at radius 2 is 2.05 bits per heavy atom. The van der Waals surface area contributed by atoms with Crippen molar-refractivity contribution in [2.45, 2.75) is 24.5 Å². The standard InChI is InChI=1S/C10H12ClN5O4.ClH/c11-10-14-7(12)4-8(15-10)16(2-13-4)9-6(19)5(18)3(1-17)20-9;/h2-3,5-6,9,17-19H,1H2,(H2,12,14,15);1H/t3-,5-,6-,9+;/m1./s1. The van der Waals surface area contributed by atoms with Crippen LogP contribution in [0.4, 0.5) is 5.82 Å². The molecule has 3 heterocycles. The predicted molar refractivity (Wildman–Crippen MR) is 75.0 cm³/mol. The number of halogens is 2. The maximum absolute atomic E-state index is 9.99. The smallest absolute Gasteiger partial charge is 0.226 e. The third kappa shape index (κ3) is 2.52. The van der Waals surface area contributed by atoms with Crippen molar-refractivity contribution < 1.29 is 20.1 Å². The third-order valence-electron chi connectivity index (χ3n) is 3.21. The summed E-state index contributed by atoms with van der Waals surface area (Å²) in [5.74, 6) is 0.102. The third-order valence-corrected chi connectivity index (χ3v) is 3.38. The van der Waals surface area contributed by atoms with E-state index < -0.39 is 31.1 Å². The van der Waals surface area contributed by atoms with Crippen molar-refractivity contribution in [2.24, 2.45) is 0 Å². The Balaban J connectivity index is 0.00000161. The van der Waals surface area contributed by atoms with Crippen LogP contribution in [-0.4, -0.2) is 59.8 Å². The molecule has 0 aromatic carbocycles. The Bertz CT molecular complexity index is 654. The summed E-state index contributed by atoms with van der Waals surface area (Å²) < 4.78 is 6.79. The molecule has 0 aliphatic carbocycles. The molecule has 11 heteroatoms. The van der Waals surface area contributed by atoms with Crippen LogP contribution < -0.4 is 5.73 Å². The summed E-state index contributed by atoms with van der Waals surface area (Å²) in [6, 6.07) is 0. The molecule has 116 valence electrons. The molecule has 1 aliphatic rings. The van der Waals surface area contributed by atoms with E-state index in [1.54, 1.807) is 0 Å². The number of nitrogens with two attached hydrogens (primary N) is 1. The van der Waals surface area contributed by atoms with Crippen molar-refractivity contribution in [1.29, 1.82) is 0 Å². The summed E-state index contributed by atoms with van der Waals surface area (Å²) in [5, 5.41) is 28.8. The second kappa shape index (κ2) is 5.87. The fourth-order valence-electron chi connectivity index (χ4n) is 2.21. The number of aliphatic hydroxyl groups is 3. The average molecular weight is 338 g/mol. The number of imidazole rings is 1. The summed E-state index contributed by atoms with van der Waals surface area (Å²) in [6.45, 7) is -0.417. The van der Waals surface area contributed by atoms with Gasteiger partial charge < -0.3 is 25.8 Å². The molecule has 2 aromatic heterocycles. The van der Waals surface area contributed by atoms with Gasteiger partial charge in [-0.1, -0.05) is 0 Å². The van der Waals surface area contributed by atoms with E-state index in [0.29, 0.717) is 5.52 Å². The number of nitrogens with zero attached hydrogens (tertiary/aromatic N) is 4. The molecule has 2 aromatic rings. The van der Waals surface area contributed by atoms with Crippen LogP contribution in [0.25, 0.3) is 11.2 Å². The fraction of sp³-hybridized carbons (Fsp3) is 0.500. The Kier molecular flexibility index (Phi) is 4.51. The monoisotopic (exact) mass is 337 g/mol. The first-order valence-corrected chi connectivity index (χ1v) is 6.18. The number of fused-ring (bicyclic) bond motifs is 1. The van der Waals surface area contributed by atoms with E-state index in [1.807, 2.05) is 0 Å². The highest BCUT2D eigenvalue weighted by Crippen LogP contribution is 2.32. The van der Waals surface area contributed by atoms with Gasteiger partial charge >= 0.3 is 0 Å². The number of aliphatic hydroxyl groups excluding tert-OH is 3. The van der Waals surface area contributed by atoms with Crippen molar-refractivity contribution in [3.8, 4) is 0 Å². The molecule has 5 N–H and O–H groups in total. The van der Waals surface area contributed by atoms with Gasteiger partial charge in [0.15, 0.2) is 17.7 Å².